The van der Waals surface area contributed by atoms with Crippen molar-refractivity contribution in [3.8, 4) is 0 Å². The third-order valence-corrected chi connectivity index (χ3v) is 4.01. The predicted molar refractivity (Wildman–Crippen MR) is 91.9 cm³/mol. The molecule has 1 aliphatic rings. The van der Waals surface area contributed by atoms with E-state index in [9.17, 15) is 9.59 Å². The third kappa shape index (κ3) is 3.42. The zero-order valence-corrected chi connectivity index (χ0v) is 13.8. The summed E-state index contributed by atoms with van der Waals surface area (Å²) in [7, 11) is 0. The van der Waals surface area contributed by atoms with Gasteiger partial charge in [0.05, 0.1) is 0 Å². The smallest absolute Gasteiger partial charge is 0.225 e. The summed E-state index contributed by atoms with van der Waals surface area (Å²) in [5, 5.41) is 5.60. The topological polar surface area (TPSA) is 84.0 Å². The lowest BCUT2D eigenvalue weighted by Crippen LogP contribution is -2.24. The predicted octanol–water partition coefficient (Wildman–Crippen LogP) is 2.86. The van der Waals surface area contributed by atoms with Gasteiger partial charge in [-0.15, -0.1) is 0 Å². The summed E-state index contributed by atoms with van der Waals surface area (Å²) in [5.41, 5.74) is 3.32. The van der Waals surface area contributed by atoms with Gasteiger partial charge in [0.25, 0.3) is 0 Å². The Morgan fingerprint density at radius 3 is 2.75 bits per heavy atom. The number of hydrogen-bond donors (Lipinski definition) is 2. The number of carbonyl (C=O) groups excluding carboxylic acids is 2. The van der Waals surface area contributed by atoms with Gasteiger partial charge in [0.15, 0.2) is 0 Å². The van der Waals surface area contributed by atoms with Gasteiger partial charge in [-0.25, -0.2) is 9.97 Å². The van der Waals surface area contributed by atoms with Crippen LogP contribution in [0.3, 0.4) is 0 Å². The molecule has 0 saturated heterocycles. The first-order valence-electron chi connectivity index (χ1n) is 8.09. The first kappa shape index (κ1) is 16.1. The number of benzene rings is 1. The molecule has 0 fully saturated rings. The fraction of sp³-hybridized carbons (Fsp3) is 0.333. The van der Waals surface area contributed by atoms with E-state index in [1.165, 1.54) is 6.92 Å². The van der Waals surface area contributed by atoms with Crippen LogP contribution in [0, 0.1) is 0 Å². The second-order valence-corrected chi connectivity index (χ2v) is 5.97. The van der Waals surface area contributed by atoms with Crippen molar-refractivity contribution in [2.75, 3.05) is 10.6 Å². The Labute approximate surface area is 140 Å². The van der Waals surface area contributed by atoms with Crippen LogP contribution in [0.4, 0.5) is 11.4 Å². The molecule has 2 aromatic rings. The highest BCUT2D eigenvalue weighted by Crippen LogP contribution is 2.37. The highest BCUT2D eigenvalue weighted by Gasteiger charge is 2.27. The molecule has 1 aliphatic heterocycles. The molecule has 2 heterocycles. The molecule has 124 valence electrons. The minimum Gasteiger partial charge on any atom is -0.326 e. The minimum absolute atomic E-state index is 0.0508. The van der Waals surface area contributed by atoms with E-state index in [0.717, 1.165) is 35.5 Å². The molecule has 2 N–H and O–H groups in total. The van der Waals surface area contributed by atoms with E-state index >= 15 is 0 Å². The fourth-order valence-corrected chi connectivity index (χ4v) is 2.94. The molecule has 0 spiro atoms. The number of nitrogens with zero attached hydrogens (tertiary/aromatic N) is 2. The number of rotatable bonds is 4. The number of aromatic nitrogens is 2. The van der Waals surface area contributed by atoms with Gasteiger partial charge < -0.3 is 10.6 Å². The van der Waals surface area contributed by atoms with Crippen LogP contribution in [-0.2, 0) is 16.0 Å². The number of aryl methyl sites for hydroxylation is 1. The lowest BCUT2D eigenvalue weighted by molar-refractivity contribution is -0.116. The number of fused-ring (bicyclic) bond motifs is 1. The van der Waals surface area contributed by atoms with Gasteiger partial charge in [0, 0.05) is 49.5 Å². The largest absolute Gasteiger partial charge is 0.326 e. The van der Waals surface area contributed by atoms with Crippen LogP contribution in [-0.4, -0.2) is 21.8 Å². The van der Waals surface area contributed by atoms with Crippen LogP contribution in [0.15, 0.2) is 30.6 Å². The quantitative estimate of drug-likeness (QED) is 0.906. The molecule has 0 saturated carbocycles. The van der Waals surface area contributed by atoms with E-state index in [0.29, 0.717) is 12.1 Å². The maximum absolute atomic E-state index is 12.1. The molecular weight excluding hydrogens is 304 g/mol. The summed E-state index contributed by atoms with van der Waals surface area (Å²) in [6.45, 7) is 3.54. The Morgan fingerprint density at radius 2 is 2.08 bits per heavy atom. The van der Waals surface area contributed by atoms with E-state index < -0.39 is 0 Å². The monoisotopic (exact) mass is 324 g/mol. The summed E-state index contributed by atoms with van der Waals surface area (Å²) in [6, 6.07) is 5.56. The minimum atomic E-state index is -0.145. The second-order valence-electron chi connectivity index (χ2n) is 5.97. The number of amides is 2. The van der Waals surface area contributed by atoms with Crippen molar-refractivity contribution in [3.63, 3.8) is 0 Å². The van der Waals surface area contributed by atoms with Crippen LogP contribution in [0.25, 0.3) is 0 Å². The lowest BCUT2D eigenvalue weighted by Gasteiger charge is -2.26. The zero-order valence-electron chi connectivity index (χ0n) is 13.8. The van der Waals surface area contributed by atoms with Crippen LogP contribution >= 0.6 is 0 Å². The number of hydrogen-bond acceptors (Lipinski definition) is 4. The third-order valence-electron chi connectivity index (χ3n) is 4.01. The molecule has 1 atom stereocenters. The summed E-state index contributed by atoms with van der Waals surface area (Å²) < 4.78 is 0. The first-order valence-corrected chi connectivity index (χ1v) is 8.09. The Morgan fingerprint density at radius 1 is 1.33 bits per heavy atom. The molecule has 1 aromatic heterocycles. The van der Waals surface area contributed by atoms with Gasteiger partial charge in [0.1, 0.15) is 5.82 Å². The summed E-state index contributed by atoms with van der Waals surface area (Å²) in [4.78, 5) is 32.1. The summed E-state index contributed by atoms with van der Waals surface area (Å²) in [6.07, 6.45) is 5.84. The van der Waals surface area contributed by atoms with E-state index in [1.54, 1.807) is 6.07 Å². The summed E-state index contributed by atoms with van der Waals surface area (Å²) in [5.74, 6) is 0.553. The van der Waals surface area contributed by atoms with E-state index in [2.05, 4.69) is 27.5 Å². The van der Waals surface area contributed by atoms with Crippen molar-refractivity contribution in [3.05, 3.63) is 47.5 Å². The lowest BCUT2D eigenvalue weighted by atomic mass is 9.86. The molecule has 6 heteroatoms. The fourth-order valence-electron chi connectivity index (χ4n) is 2.94. The Kier molecular flexibility index (Phi) is 4.55. The Hall–Kier alpha value is -2.76. The highest BCUT2D eigenvalue weighted by atomic mass is 16.2. The number of carbonyl (C=O) groups is 2. The van der Waals surface area contributed by atoms with Crippen molar-refractivity contribution in [2.24, 2.45) is 0 Å². The molecule has 1 aromatic carbocycles. The maximum atomic E-state index is 12.1. The van der Waals surface area contributed by atoms with Gasteiger partial charge in [-0.1, -0.05) is 13.0 Å². The SMILES string of the molecule is CCCc1ncc([C@H]2CC(=O)Nc3cc(NC(C)=O)ccc32)cn1. The molecular formula is C18H20N4O2. The Bertz CT molecular complexity index is 771. The van der Waals surface area contributed by atoms with Crippen LogP contribution < -0.4 is 10.6 Å². The summed E-state index contributed by atoms with van der Waals surface area (Å²) >= 11 is 0. The molecule has 24 heavy (non-hydrogen) atoms. The zero-order chi connectivity index (χ0) is 17.1. The van der Waals surface area contributed by atoms with Crippen molar-refractivity contribution in [1.82, 2.24) is 9.97 Å². The average molecular weight is 324 g/mol. The standard InChI is InChI=1S/C18H20N4O2/c1-3-4-17-19-9-12(10-20-17)15-8-18(24)22-16-7-13(21-11(2)23)5-6-14(15)16/h5-7,9-10,15H,3-4,8H2,1-2H3,(H,21,23)(H,22,24)/t15-/m1/s1. The van der Waals surface area contributed by atoms with Crippen molar-refractivity contribution >= 4 is 23.2 Å². The molecule has 3 rings (SSSR count). The first-order chi connectivity index (χ1) is 11.6. The molecule has 0 bridgehead atoms. The van der Waals surface area contributed by atoms with Crippen molar-refractivity contribution < 1.29 is 9.59 Å². The van der Waals surface area contributed by atoms with Gasteiger partial charge in [-0.05, 0) is 29.7 Å². The average Bonchev–Trinajstić information content (AvgIpc) is 2.54. The number of nitrogens with one attached hydrogen (secondary N) is 2. The number of anilines is 2. The molecule has 6 nitrogen and oxygen atoms in total. The van der Waals surface area contributed by atoms with Gasteiger partial charge in [-0.2, -0.15) is 0 Å². The maximum Gasteiger partial charge on any atom is 0.225 e. The normalized spacial score (nSPS) is 16.2. The van der Waals surface area contributed by atoms with Crippen LogP contribution in [0.2, 0.25) is 0 Å². The molecule has 2 amide bonds. The van der Waals surface area contributed by atoms with E-state index in [-0.39, 0.29) is 17.7 Å². The molecule has 0 aliphatic carbocycles. The molecule has 0 radical (unpaired) electrons. The van der Waals surface area contributed by atoms with E-state index in [4.69, 9.17) is 0 Å². The van der Waals surface area contributed by atoms with Gasteiger partial charge in [0.2, 0.25) is 11.8 Å². The van der Waals surface area contributed by atoms with Crippen LogP contribution in [0.1, 0.15) is 49.6 Å². The van der Waals surface area contributed by atoms with Gasteiger partial charge in [-0.3, -0.25) is 9.59 Å². The van der Waals surface area contributed by atoms with Crippen LogP contribution in [0.5, 0.6) is 0 Å². The highest BCUT2D eigenvalue weighted by molar-refractivity contribution is 5.97. The Balaban J connectivity index is 1.93. The molecule has 0 unspecified atom stereocenters. The van der Waals surface area contributed by atoms with E-state index in [1.807, 2.05) is 24.5 Å². The second kappa shape index (κ2) is 6.78. The van der Waals surface area contributed by atoms with Crippen molar-refractivity contribution in [2.45, 2.75) is 39.0 Å². The van der Waals surface area contributed by atoms with Gasteiger partial charge >= 0.3 is 0 Å². The van der Waals surface area contributed by atoms with Crippen molar-refractivity contribution in [1.29, 1.82) is 0 Å².